The van der Waals surface area contributed by atoms with E-state index in [1.54, 1.807) is 23.0 Å². The molecular formula is C15H12N2O2. The number of hydrogen-bond acceptors (Lipinski definition) is 2. The summed E-state index contributed by atoms with van der Waals surface area (Å²) in [4.78, 5) is 11.4. The molecule has 3 rings (SSSR count). The predicted octanol–water partition coefficient (Wildman–Crippen LogP) is 3.03. The van der Waals surface area contributed by atoms with Crippen molar-refractivity contribution in [1.29, 1.82) is 0 Å². The molecule has 1 N–H and O–H groups in total. The summed E-state index contributed by atoms with van der Waals surface area (Å²) in [5.74, 6) is -0.946. The van der Waals surface area contributed by atoms with E-state index in [-0.39, 0.29) is 5.56 Å². The molecule has 1 heterocycles. The van der Waals surface area contributed by atoms with Crippen LogP contribution in [0.3, 0.4) is 0 Å². The van der Waals surface area contributed by atoms with E-state index >= 15 is 0 Å². The van der Waals surface area contributed by atoms with Crippen molar-refractivity contribution in [2.24, 2.45) is 0 Å². The lowest BCUT2D eigenvalue weighted by Crippen LogP contribution is -2.08. The van der Waals surface area contributed by atoms with Gasteiger partial charge in [0.15, 0.2) is 0 Å². The van der Waals surface area contributed by atoms with E-state index in [1.165, 1.54) is 0 Å². The van der Waals surface area contributed by atoms with Gasteiger partial charge in [-0.2, -0.15) is 5.10 Å². The number of aryl methyl sites for hydroxylation is 1. The lowest BCUT2D eigenvalue weighted by molar-refractivity contribution is 0.0696. The third kappa shape index (κ3) is 1.78. The van der Waals surface area contributed by atoms with E-state index in [1.807, 2.05) is 37.3 Å². The first-order valence-electron chi connectivity index (χ1n) is 5.94. The Morgan fingerprint density at radius 1 is 1.16 bits per heavy atom. The average molecular weight is 252 g/mol. The summed E-state index contributed by atoms with van der Waals surface area (Å²) in [6.45, 7) is 1.89. The van der Waals surface area contributed by atoms with Gasteiger partial charge in [-0.25, -0.2) is 9.48 Å². The molecule has 0 atom stereocenters. The molecule has 0 aliphatic rings. The summed E-state index contributed by atoms with van der Waals surface area (Å²) in [7, 11) is 0. The first-order valence-corrected chi connectivity index (χ1v) is 5.94. The van der Waals surface area contributed by atoms with Crippen LogP contribution >= 0.6 is 0 Å². The molecule has 0 radical (unpaired) electrons. The number of benzene rings is 2. The average Bonchev–Trinajstić information content (AvgIpc) is 2.82. The molecule has 0 aliphatic heterocycles. The zero-order valence-corrected chi connectivity index (χ0v) is 10.4. The summed E-state index contributed by atoms with van der Waals surface area (Å²) < 4.78 is 1.69. The van der Waals surface area contributed by atoms with E-state index in [9.17, 15) is 9.90 Å². The molecule has 0 bridgehead atoms. The smallest absolute Gasteiger partial charge is 0.337 e. The molecule has 0 amide bonds. The standard InChI is InChI=1S/C15H12N2O2/c1-10-5-4-7-12(15(18)19)14(10)17-13-8-3-2-6-11(13)9-16-17/h2-9H,1H3,(H,18,19). The predicted molar refractivity (Wildman–Crippen MR) is 72.8 cm³/mol. The summed E-state index contributed by atoms with van der Waals surface area (Å²) in [6, 6.07) is 13.0. The van der Waals surface area contributed by atoms with Crippen molar-refractivity contribution in [3.05, 3.63) is 59.8 Å². The van der Waals surface area contributed by atoms with Crippen LogP contribution in [0.5, 0.6) is 0 Å². The van der Waals surface area contributed by atoms with Crippen molar-refractivity contribution < 1.29 is 9.90 Å². The number of fused-ring (bicyclic) bond motifs is 1. The first-order chi connectivity index (χ1) is 9.18. The van der Waals surface area contributed by atoms with Crippen LogP contribution in [-0.2, 0) is 0 Å². The molecule has 0 unspecified atom stereocenters. The number of carbonyl (C=O) groups is 1. The largest absolute Gasteiger partial charge is 0.478 e. The van der Waals surface area contributed by atoms with Crippen molar-refractivity contribution >= 4 is 16.9 Å². The number of aromatic carboxylic acids is 1. The zero-order valence-electron chi connectivity index (χ0n) is 10.4. The number of carboxylic acid groups (broad SMARTS) is 1. The fraction of sp³-hybridized carbons (Fsp3) is 0.0667. The first kappa shape index (κ1) is 11.5. The van der Waals surface area contributed by atoms with Crippen LogP contribution in [0.2, 0.25) is 0 Å². The second kappa shape index (κ2) is 4.24. The fourth-order valence-corrected chi connectivity index (χ4v) is 2.26. The third-order valence-electron chi connectivity index (χ3n) is 3.16. The maximum atomic E-state index is 11.4. The minimum absolute atomic E-state index is 0.258. The van der Waals surface area contributed by atoms with Crippen molar-refractivity contribution in [2.75, 3.05) is 0 Å². The molecule has 0 saturated heterocycles. The molecular weight excluding hydrogens is 240 g/mol. The normalized spacial score (nSPS) is 10.8. The fourth-order valence-electron chi connectivity index (χ4n) is 2.26. The van der Waals surface area contributed by atoms with Gasteiger partial charge >= 0.3 is 5.97 Å². The van der Waals surface area contributed by atoms with Gasteiger partial charge in [0.2, 0.25) is 0 Å². The van der Waals surface area contributed by atoms with E-state index in [0.29, 0.717) is 5.69 Å². The summed E-state index contributed by atoms with van der Waals surface area (Å²) in [6.07, 6.45) is 1.74. The van der Waals surface area contributed by atoms with Crippen LogP contribution in [0.15, 0.2) is 48.7 Å². The number of aromatic nitrogens is 2. The maximum absolute atomic E-state index is 11.4. The quantitative estimate of drug-likeness (QED) is 0.762. The molecule has 3 aromatic rings. The van der Waals surface area contributed by atoms with Crippen LogP contribution in [0.4, 0.5) is 0 Å². The second-order valence-electron chi connectivity index (χ2n) is 4.39. The van der Waals surface area contributed by atoms with Gasteiger partial charge in [-0.3, -0.25) is 0 Å². The molecule has 94 valence electrons. The van der Waals surface area contributed by atoms with E-state index in [2.05, 4.69) is 5.10 Å². The van der Waals surface area contributed by atoms with Crippen LogP contribution in [-0.4, -0.2) is 20.9 Å². The summed E-state index contributed by atoms with van der Waals surface area (Å²) in [5, 5.41) is 14.6. The number of carboxylic acids is 1. The van der Waals surface area contributed by atoms with Crippen molar-refractivity contribution in [2.45, 2.75) is 6.92 Å². The van der Waals surface area contributed by atoms with Gasteiger partial charge in [-0.1, -0.05) is 30.3 Å². The number of para-hydroxylation sites is 2. The lowest BCUT2D eigenvalue weighted by atomic mass is 10.1. The van der Waals surface area contributed by atoms with Gasteiger partial charge in [0.05, 0.1) is 23.0 Å². The molecule has 4 nitrogen and oxygen atoms in total. The van der Waals surface area contributed by atoms with Gasteiger partial charge in [0.1, 0.15) is 0 Å². The highest BCUT2D eigenvalue weighted by atomic mass is 16.4. The SMILES string of the molecule is Cc1cccc(C(=O)O)c1-n1ncc2ccccc21. The lowest BCUT2D eigenvalue weighted by Gasteiger charge is -2.10. The van der Waals surface area contributed by atoms with Gasteiger partial charge in [0.25, 0.3) is 0 Å². The molecule has 0 fully saturated rings. The highest BCUT2D eigenvalue weighted by Crippen LogP contribution is 2.23. The van der Waals surface area contributed by atoms with Gasteiger partial charge in [-0.15, -0.1) is 0 Å². The Morgan fingerprint density at radius 3 is 2.74 bits per heavy atom. The maximum Gasteiger partial charge on any atom is 0.337 e. The molecule has 1 aromatic heterocycles. The van der Waals surface area contributed by atoms with Gasteiger partial charge in [-0.05, 0) is 24.6 Å². The van der Waals surface area contributed by atoms with Crippen LogP contribution in [0.25, 0.3) is 16.6 Å². The minimum atomic E-state index is -0.946. The van der Waals surface area contributed by atoms with Gasteiger partial charge < -0.3 is 5.11 Å². The van der Waals surface area contributed by atoms with Crippen molar-refractivity contribution in [1.82, 2.24) is 9.78 Å². The monoisotopic (exact) mass is 252 g/mol. The minimum Gasteiger partial charge on any atom is -0.478 e. The Morgan fingerprint density at radius 2 is 1.95 bits per heavy atom. The third-order valence-corrected chi connectivity index (χ3v) is 3.16. The van der Waals surface area contributed by atoms with Crippen molar-refractivity contribution in [3.63, 3.8) is 0 Å². The molecule has 0 spiro atoms. The number of rotatable bonds is 2. The van der Waals surface area contributed by atoms with Crippen molar-refractivity contribution in [3.8, 4) is 5.69 Å². The number of nitrogens with zero attached hydrogens (tertiary/aromatic N) is 2. The Hall–Kier alpha value is -2.62. The van der Waals surface area contributed by atoms with E-state index in [0.717, 1.165) is 16.5 Å². The van der Waals surface area contributed by atoms with Gasteiger partial charge in [0, 0.05) is 5.39 Å². The van der Waals surface area contributed by atoms with E-state index in [4.69, 9.17) is 0 Å². The Balaban J connectivity index is 2.36. The summed E-state index contributed by atoms with van der Waals surface area (Å²) >= 11 is 0. The zero-order chi connectivity index (χ0) is 13.4. The molecule has 19 heavy (non-hydrogen) atoms. The Bertz CT molecular complexity index is 775. The summed E-state index contributed by atoms with van der Waals surface area (Å²) in [5.41, 5.74) is 2.66. The molecule has 4 heteroatoms. The molecule has 2 aromatic carbocycles. The van der Waals surface area contributed by atoms with Crippen LogP contribution in [0.1, 0.15) is 15.9 Å². The highest BCUT2D eigenvalue weighted by Gasteiger charge is 2.16. The van der Waals surface area contributed by atoms with Crippen LogP contribution < -0.4 is 0 Å². The second-order valence-corrected chi connectivity index (χ2v) is 4.39. The van der Waals surface area contributed by atoms with E-state index < -0.39 is 5.97 Å². The Kier molecular flexibility index (Phi) is 2.56. The Labute approximate surface area is 109 Å². The topological polar surface area (TPSA) is 55.1 Å². The van der Waals surface area contributed by atoms with Crippen LogP contribution in [0, 0.1) is 6.92 Å². The highest BCUT2D eigenvalue weighted by molar-refractivity contribution is 5.94. The molecule has 0 aliphatic carbocycles. The molecule has 0 saturated carbocycles. The number of hydrogen-bond donors (Lipinski definition) is 1.